The first-order valence-corrected chi connectivity index (χ1v) is 8.79. The summed E-state index contributed by atoms with van der Waals surface area (Å²) in [6.45, 7) is 3.77. The highest BCUT2D eigenvalue weighted by Crippen LogP contribution is 2.22. The van der Waals surface area contributed by atoms with Crippen LogP contribution in [0.15, 0.2) is 36.7 Å². The number of benzene rings is 1. The molecule has 1 saturated heterocycles. The van der Waals surface area contributed by atoms with Crippen molar-refractivity contribution < 1.29 is 4.79 Å². The lowest BCUT2D eigenvalue weighted by Crippen LogP contribution is -2.42. The van der Waals surface area contributed by atoms with Gasteiger partial charge in [0.05, 0.1) is 0 Å². The van der Waals surface area contributed by atoms with E-state index in [1.165, 1.54) is 5.56 Å². The van der Waals surface area contributed by atoms with Crippen molar-refractivity contribution in [2.75, 3.05) is 13.1 Å². The molecule has 1 aliphatic heterocycles. The molecule has 1 fully saturated rings. The molecule has 0 aliphatic carbocycles. The van der Waals surface area contributed by atoms with E-state index in [0.29, 0.717) is 5.92 Å². The molecule has 24 heavy (non-hydrogen) atoms. The quantitative estimate of drug-likeness (QED) is 0.848. The van der Waals surface area contributed by atoms with Crippen LogP contribution in [-0.2, 0) is 24.7 Å². The molecule has 0 N–H and O–H groups in total. The summed E-state index contributed by atoms with van der Waals surface area (Å²) >= 11 is 0. The van der Waals surface area contributed by atoms with Crippen LogP contribution in [0.1, 0.15) is 31.2 Å². The highest BCUT2D eigenvalue weighted by Gasteiger charge is 2.26. The van der Waals surface area contributed by atoms with Crippen molar-refractivity contribution in [3.63, 3.8) is 0 Å². The minimum absolute atomic E-state index is 0.0442. The number of hydrogen-bond acceptors (Lipinski definition) is 3. The number of nitrogens with zero attached hydrogens (tertiary/aromatic N) is 4. The molecule has 0 bridgehead atoms. The summed E-state index contributed by atoms with van der Waals surface area (Å²) in [6.07, 6.45) is 5.63. The molecular weight excluding hydrogens is 300 g/mol. The maximum absolute atomic E-state index is 12.7. The highest BCUT2D eigenvalue weighted by molar-refractivity contribution is 5.78. The number of likely N-dealkylation sites (tertiary alicyclic amines) is 1. The minimum Gasteiger partial charge on any atom is -0.342 e. The second-order valence-electron chi connectivity index (χ2n) is 6.92. The maximum Gasteiger partial charge on any atom is 0.225 e. The maximum atomic E-state index is 12.7. The van der Waals surface area contributed by atoms with E-state index in [2.05, 4.69) is 22.3 Å². The van der Waals surface area contributed by atoms with E-state index in [9.17, 15) is 4.79 Å². The lowest BCUT2D eigenvalue weighted by Gasteiger charge is -2.33. The number of aromatic nitrogens is 3. The van der Waals surface area contributed by atoms with Crippen LogP contribution >= 0.6 is 0 Å². The van der Waals surface area contributed by atoms with Gasteiger partial charge in [0.15, 0.2) is 0 Å². The normalized spacial score (nSPS) is 17.0. The molecule has 0 radical (unpaired) electrons. The zero-order chi connectivity index (χ0) is 16.9. The molecular formula is C19H26N4O. The number of carbonyl (C=O) groups excluding carboxylic acids is 1. The number of carbonyl (C=O) groups is 1. The Balaban J connectivity index is 1.49. The third kappa shape index (κ3) is 4.02. The van der Waals surface area contributed by atoms with Crippen LogP contribution in [0, 0.1) is 11.8 Å². The van der Waals surface area contributed by atoms with Crippen molar-refractivity contribution in [1.29, 1.82) is 0 Å². The number of hydrogen-bond donors (Lipinski definition) is 0. The van der Waals surface area contributed by atoms with Gasteiger partial charge in [-0.25, -0.2) is 0 Å². The van der Waals surface area contributed by atoms with Gasteiger partial charge in [-0.2, -0.15) is 0 Å². The Labute approximate surface area is 143 Å². The zero-order valence-electron chi connectivity index (χ0n) is 14.6. The molecule has 1 aliphatic rings. The van der Waals surface area contributed by atoms with E-state index in [4.69, 9.17) is 0 Å². The Hall–Kier alpha value is -2.17. The Morgan fingerprint density at radius 1 is 1.25 bits per heavy atom. The third-order valence-electron chi connectivity index (χ3n) is 5.01. The van der Waals surface area contributed by atoms with E-state index in [1.807, 2.05) is 41.6 Å². The van der Waals surface area contributed by atoms with Crippen molar-refractivity contribution in [3.8, 4) is 0 Å². The van der Waals surface area contributed by atoms with Crippen molar-refractivity contribution in [2.24, 2.45) is 18.9 Å². The fourth-order valence-electron chi connectivity index (χ4n) is 3.47. The first kappa shape index (κ1) is 16.7. The fraction of sp³-hybridized carbons (Fsp3) is 0.526. The van der Waals surface area contributed by atoms with E-state index < -0.39 is 0 Å². The van der Waals surface area contributed by atoms with Gasteiger partial charge in [0.25, 0.3) is 0 Å². The Kier molecular flexibility index (Phi) is 5.28. The van der Waals surface area contributed by atoms with Gasteiger partial charge in [-0.05, 0) is 30.7 Å². The molecule has 5 heteroatoms. The number of rotatable bonds is 5. The van der Waals surface area contributed by atoms with E-state index >= 15 is 0 Å². The topological polar surface area (TPSA) is 51.0 Å². The zero-order valence-corrected chi connectivity index (χ0v) is 14.6. The van der Waals surface area contributed by atoms with Gasteiger partial charge in [-0.3, -0.25) is 4.79 Å². The summed E-state index contributed by atoms with van der Waals surface area (Å²) in [4.78, 5) is 14.7. The summed E-state index contributed by atoms with van der Waals surface area (Å²) in [5.41, 5.74) is 1.23. The molecule has 1 aromatic heterocycles. The van der Waals surface area contributed by atoms with Gasteiger partial charge in [-0.1, -0.05) is 37.3 Å². The van der Waals surface area contributed by atoms with Gasteiger partial charge in [-0.15, -0.1) is 10.2 Å². The summed E-state index contributed by atoms with van der Waals surface area (Å²) in [6, 6.07) is 10.3. The molecule has 5 nitrogen and oxygen atoms in total. The molecule has 128 valence electrons. The van der Waals surface area contributed by atoms with Crippen LogP contribution in [0.25, 0.3) is 0 Å². The van der Waals surface area contributed by atoms with Crippen LogP contribution in [0.5, 0.6) is 0 Å². The summed E-state index contributed by atoms with van der Waals surface area (Å²) < 4.78 is 1.99. The van der Waals surface area contributed by atoms with Gasteiger partial charge in [0.1, 0.15) is 12.2 Å². The Morgan fingerprint density at radius 2 is 1.96 bits per heavy atom. The SMILES string of the molecule is CC(Cc1ccccc1)C(=O)N1CCC(Cc2nncn2C)CC1. The monoisotopic (exact) mass is 326 g/mol. The summed E-state index contributed by atoms with van der Waals surface area (Å²) in [7, 11) is 1.99. The van der Waals surface area contributed by atoms with Gasteiger partial charge >= 0.3 is 0 Å². The van der Waals surface area contributed by atoms with Crippen LogP contribution in [0.4, 0.5) is 0 Å². The van der Waals surface area contributed by atoms with Crippen molar-refractivity contribution in [3.05, 3.63) is 48.0 Å². The second-order valence-corrected chi connectivity index (χ2v) is 6.92. The number of piperidine rings is 1. The first-order valence-electron chi connectivity index (χ1n) is 8.79. The number of aryl methyl sites for hydroxylation is 1. The van der Waals surface area contributed by atoms with E-state index in [0.717, 1.165) is 44.6 Å². The lowest BCUT2D eigenvalue weighted by atomic mass is 9.91. The first-order chi connectivity index (χ1) is 11.6. The molecule has 3 rings (SSSR count). The van der Waals surface area contributed by atoms with Gasteiger partial charge in [0, 0.05) is 32.5 Å². The molecule has 1 unspecified atom stereocenters. The predicted molar refractivity (Wildman–Crippen MR) is 93.3 cm³/mol. The van der Waals surface area contributed by atoms with Gasteiger partial charge < -0.3 is 9.47 Å². The third-order valence-corrected chi connectivity index (χ3v) is 5.01. The predicted octanol–water partition coefficient (Wildman–Crippen LogP) is 2.48. The van der Waals surface area contributed by atoms with Crippen molar-refractivity contribution in [2.45, 2.75) is 32.6 Å². The molecule has 0 saturated carbocycles. The molecule has 2 heterocycles. The van der Waals surface area contributed by atoms with Crippen molar-refractivity contribution >= 4 is 5.91 Å². The minimum atomic E-state index is 0.0442. The second kappa shape index (κ2) is 7.60. The van der Waals surface area contributed by atoms with Gasteiger partial charge in [0.2, 0.25) is 5.91 Å². The molecule has 1 aromatic carbocycles. The standard InChI is InChI=1S/C19H26N4O/c1-15(12-16-6-4-3-5-7-16)19(24)23-10-8-17(9-11-23)13-18-21-20-14-22(18)2/h3-7,14-15,17H,8-13H2,1-2H3. The van der Waals surface area contributed by atoms with Crippen LogP contribution in [0.3, 0.4) is 0 Å². The molecule has 0 spiro atoms. The van der Waals surface area contributed by atoms with Crippen LogP contribution < -0.4 is 0 Å². The lowest BCUT2D eigenvalue weighted by molar-refractivity contribution is -0.136. The molecule has 1 atom stereocenters. The largest absolute Gasteiger partial charge is 0.342 e. The molecule has 1 amide bonds. The smallest absolute Gasteiger partial charge is 0.225 e. The highest BCUT2D eigenvalue weighted by atomic mass is 16.2. The van der Waals surface area contributed by atoms with E-state index in [1.54, 1.807) is 6.33 Å². The van der Waals surface area contributed by atoms with Crippen LogP contribution in [-0.4, -0.2) is 38.7 Å². The van der Waals surface area contributed by atoms with E-state index in [-0.39, 0.29) is 11.8 Å². The van der Waals surface area contributed by atoms with Crippen molar-refractivity contribution in [1.82, 2.24) is 19.7 Å². The fourth-order valence-corrected chi connectivity index (χ4v) is 3.47. The number of amides is 1. The van der Waals surface area contributed by atoms with Crippen LogP contribution in [0.2, 0.25) is 0 Å². The Bertz CT molecular complexity index is 659. The average molecular weight is 326 g/mol. The molecule has 2 aromatic rings. The average Bonchev–Trinajstić information content (AvgIpc) is 3.00. The Morgan fingerprint density at radius 3 is 2.58 bits per heavy atom. The summed E-state index contributed by atoms with van der Waals surface area (Å²) in [5.74, 6) is 1.97. The summed E-state index contributed by atoms with van der Waals surface area (Å²) in [5, 5.41) is 8.11.